The molecule has 8 nitrogen and oxygen atoms in total. The van der Waals surface area contributed by atoms with E-state index >= 15 is 0 Å². The van der Waals surface area contributed by atoms with Crippen molar-refractivity contribution >= 4 is 35.8 Å². The van der Waals surface area contributed by atoms with E-state index in [9.17, 15) is 4.79 Å². The van der Waals surface area contributed by atoms with E-state index in [0.717, 1.165) is 28.4 Å². The van der Waals surface area contributed by atoms with E-state index in [1.807, 2.05) is 42.5 Å². The highest BCUT2D eigenvalue weighted by molar-refractivity contribution is 14.0. The number of nitrogens with one attached hydrogen (secondary N) is 3. The Labute approximate surface area is 187 Å². The number of nitrogens with zero attached hydrogens (tertiary/aromatic N) is 1. The molecule has 9 heteroatoms. The molecule has 0 aromatic heterocycles. The molecule has 0 spiro atoms. The first-order valence-electron chi connectivity index (χ1n) is 8.90. The summed E-state index contributed by atoms with van der Waals surface area (Å²) in [6.07, 6.45) is 0. The average Bonchev–Trinajstić information content (AvgIpc) is 3.20. The monoisotopic (exact) mass is 512 g/mol. The fourth-order valence-electron chi connectivity index (χ4n) is 2.63. The molecule has 0 bridgehead atoms. The van der Waals surface area contributed by atoms with Crippen LogP contribution in [0.5, 0.6) is 17.2 Å². The molecule has 2 aromatic rings. The van der Waals surface area contributed by atoms with Gasteiger partial charge in [0.1, 0.15) is 5.75 Å². The first-order valence-corrected chi connectivity index (χ1v) is 8.90. The summed E-state index contributed by atoms with van der Waals surface area (Å²) in [6.45, 7) is 1.37. The van der Waals surface area contributed by atoms with Gasteiger partial charge in [0.05, 0.1) is 13.7 Å². The predicted molar refractivity (Wildman–Crippen MR) is 121 cm³/mol. The van der Waals surface area contributed by atoms with Crippen LogP contribution in [0.4, 0.5) is 0 Å². The zero-order valence-corrected chi connectivity index (χ0v) is 18.7. The van der Waals surface area contributed by atoms with Crippen LogP contribution in [0.25, 0.3) is 0 Å². The number of benzene rings is 2. The van der Waals surface area contributed by atoms with Crippen LogP contribution in [0, 0.1) is 0 Å². The third-order valence-corrected chi connectivity index (χ3v) is 4.19. The second-order valence-corrected chi connectivity index (χ2v) is 6.09. The lowest BCUT2D eigenvalue weighted by molar-refractivity contribution is -0.120. The number of guanidine groups is 1. The molecule has 1 aliphatic heterocycles. The molecule has 1 amide bonds. The fraction of sp³-hybridized carbons (Fsp3) is 0.300. The number of hydrogen-bond donors (Lipinski definition) is 3. The number of carbonyl (C=O) groups excluding carboxylic acids is 1. The first-order chi connectivity index (χ1) is 13.7. The summed E-state index contributed by atoms with van der Waals surface area (Å²) in [5.41, 5.74) is 2.02. The summed E-state index contributed by atoms with van der Waals surface area (Å²) in [6, 6.07) is 13.3. The number of carbonyl (C=O) groups is 1. The van der Waals surface area contributed by atoms with Gasteiger partial charge in [-0.05, 0) is 35.4 Å². The topological polar surface area (TPSA) is 93.2 Å². The van der Waals surface area contributed by atoms with Crippen LogP contribution in [0.2, 0.25) is 0 Å². The maximum absolute atomic E-state index is 12.1. The van der Waals surface area contributed by atoms with Gasteiger partial charge in [-0.3, -0.25) is 9.79 Å². The number of rotatable bonds is 7. The molecule has 0 saturated carbocycles. The standard InChI is InChI=1S/C20H24N4O4.HI/c1-21-20(23-11-15-5-8-17-18(9-15)28-13-27-17)24-12-19(25)22-10-14-3-6-16(26-2)7-4-14;/h3-9H,10-13H2,1-2H3,(H,22,25)(H2,21,23,24);1H. The molecule has 0 unspecified atom stereocenters. The van der Waals surface area contributed by atoms with Gasteiger partial charge in [0.15, 0.2) is 17.5 Å². The largest absolute Gasteiger partial charge is 0.497 e. The van der Waals surface area contributed by atoms with Crippen molar-refractivity contribution < 1.29 is 19.0 Å². The van der Waals surface area contributed by atoms with Crippen molar-refractivity contribution in [3.8, 4) is 17.2 Å². The molecule has 0 atom stereocenters. The summed E-state index contributed by atoms with van der Waals surface area (Å²) in [7, 11) is 3.28. The summed E-state index contributed by atoms with van der Waals surface area (Å²) >= 11 is 0. The van der Waals surface area contributed by atoms with E-state index in [1.54, 1.807) is 14.2 Å². The van der Waals surface area contributed by atoms with Crippen molar-refractivity contribution in [2.24, 2.45) is 4.99 Å². The van der Waals surface area contributed by atoms with Crippen molar-refractivity contribution in [1.29, 1.82) is 0 Å². The highest BCUT2D eigenvalue weighted by Gasteiger charge is 2.13. The van der Waals surface area contributed by atoms with Gasteiger partial charge in [-0.1, -0.05) is 18.2 Å². The minimum absolute atomic E-state index is 0. The van der Waals surface area contributed by atoms with Crippen LogP contribution in [-0.2, 0) is 17.9 Å². The lowest BCUT2D eigenvalue weighted by atomic mass is 10.2. The Balaban J connectivity index is 0.00000300. The number of halogens is 1. The Bertz CT molecular complexity index is 843. The third-order valence-electron chi connectivity index (χ3n) is 4.19. The van der Waals surface area contributed by atoms with Gasteiger partial charge < -0.3 is 30.2 Å². The van der Waals surface area contributed by atoms with E-state index in [4.69, 9.17) is 14.2 Å². The molecule has 0 radical (unpaired) electrons. The molecule has 0 fully saturated rings. The van der Waals surface area contributed by atoms with Crippen LogP contribution >= 0.6 is 24.0 Å². The molecular weight excluding hydrogens is 487 g/mol. The number of ether oxygens (including phenoxy) is 3. The molecule has 1 aliphatic rings. The van der Waals surface area contributed by atoms with Crippen molar-refractivity contribution in [3.63, 3.8) is 0 Å². The van der Waals surface area contributed by atoms with Crippen LogP contribution in [-0.4, -0.2) is 39.4 Å². The summed E-state index contributed by atoms with van der Waals surface area (Å²) in [4.78, 5) is 16.2. The average molecular weight is 512 g/mol. The SMILES string of the molecule is CN=C(NCC(=O)NCc1ccc(OC)cc1)NCc1ccc2c(c1)OCO2.I. The van der Waals surface area contributed by atoms with Gasteiger partial charge in [-0.25, -0.2) is 0 Å². The van der Waals surface area contributed by atoms with E-state index in [-0.39, 0.29) is 43.2 Å². The first kappa shape index (κ1) is 22.6. The third kappa shape index (κ3) is 6.70. The smallest absolute Gasteiger partial charge is 0.239 e. The number of amides is 1. The molecule has 29 heavy (non-hydrogen) atoms. The lowest BCUT2D eigenvalue weighted by Crippen LogP contribution is -2.42. The zero-order chi connectivity index (χ0) is 19.8. The van der Waals surface area contributed by atoms with Crippen molar-refractivity contribution in [1.82, 2.24) is 16.0 Å². The van der Waals surface area contributed by atoms with Gasteiger partial charge in [0.2, 0.25) is 12.7 Å². The predicted octanol–water partition coefficient (Wildman–Crippen LogP) is 2.02. The van der Waals surface area contributed by atoms with Crippen LogP contribution in [0.15, 0.2) is 47.5 Å². The molecule has 1 heterocycles. The Hall–Kier alpha value is -2.69. The van der Waals surface area contributed by atoms with Crippen molar-refractivity contribution in [2.45, 2.75) is 13.1 Å². The molecule has 0 aliphatic carbocycles. The Morgan fingerprint density at radius 2 is 1.69 bits per heavy atom. The molecular formula is C20H25IN4O4. The molecule has 3 rings (SSSR count). The lowest BCUT2D eigenvalue weighted by Gasteiger charge is -2.12. The van der Waals surface area contributed by atoms with Gasteiger partial charge >= 0.3 is 0 Å². The summed E-state index contributed by atoms with van der Waals surface area (Å²) in [5, 5.41) is 9.03. The number of aliphatic imine (C=N–C) groups is 1. The van der Waals surface area contributed by atoms with Crippen LogP contribution in [0.3, 0.4) is 0 Å². The number of hydrogen-bond acceptors (Lipinski definition) is 5. The second-order valence-electron chi connectivity index (χ2n) is 6.09. The normalized spacial score (nSPS) is 12.0. The van der Waals surface area contributed by atoms with Gasteiger partial charge in [0, 0.05) is 20.1 Å². The van der Waals surface area contributed by atoms with E-state index in [1.165, 1.54) is 0 Å². The Morgan fingerprint density at radius 3 is 2.41 bits per heavy atom. The van der Waals surface area contributed by atoms with Gasteiger partial charge in [0.25, 0.3) is 0 Å². The van der Waals surface area contributed by atoms with Crippen molar-refractivity contribution in [3.05, 3.63) is 53.6 Å². The van der Waals surface area contributed by atoms with Gasteiger partial charge in [-0.2, -0.15) is 0 Å². The minimum Gasteiger partial charge on any atom is -0.497 e. The van der Waals surface area contributed by atoms with E-state index in [0.29, 0.717) is 19.0 Å². The maximum atomic E-state index is 12.1. The molecule has 2 aromatic carbocycles. The second kappa shape index (κ2) is 11.3. The number of fused-ring (bicyclic) bond motifs is 1. The molecule has 3 N–H and O–H groups in total. The maximum Gasteiger partial charge on any atom is 0.239 e. The van der Waals surface area contributed by atoms with Crippen molar-refractivity contribution in [2.75, 3.05) is 27.5 Å². The quantitative estimate of drug-likeness (QED) is 0.299. The Morgan fingerprint density at radius 1 is 1.00 bits per heavy atom. The summed E-state index contributed by atoms with van der Waals surface area (Å²) < 4.78 is 15.8. The highest BCUT2D eigenvalue weighted by atomic mass is 127. The number of methoxy groups -OCH3 is 1. The summed E-state index contributed by atoms with van der Waals surface area (Å²) in [5.74, 6) is 2.69. The molecule has 0 saturated heterocycles. The van der Waals surface area contributed by atoms with Crippen LogP contribution in [0.1, 0.15) is 11.1 Å². The zero-order valence-electron chi connectivity index (χ0n) is 16.4. The van der Waals surface area contributed by atoms with Crippen LogP contribution < -0.4 is 30.2 Å². The highest BCUT2D eigenvalue weighted by Crippen LogP contribution is 2.32. The Kier molecular flexibility index (Phi) is 8.84. The van der Waals surface area contributed by atoms with E-state index in [2.05, 4.69) is 20.9 Å². The fourth-order valence-corrected chi connectivity index (χ4v) is 2.63. The molecule has 156 valence electrons. The van der Waals surface area contributed by atoms with Gasteiger partial charge in [-0.15, -0.1) is 24.0 Å². The minimum atomic E-state index is -0.123. The van der Waals surface area contributed by atoms with E-state index < -0.39 is 0 Å².